The molecule has 1 aromatic rings. The molecular weight excluding hydrogens is 260 g/mol. The molecule has 1 nitrogen and oxygen atoms in total. The number of benzene rings is 1. The van der Waals surface area contributed by atoms with Crippen LogP contribution in [0.15, 0.2) is 24.3 Å². The molecule has 0 fully saturated rings. The Kier molecular flexibility index (Phi) is 4.08. The molecule has 1 aliphatic rings. The number of hydrogen-bond donors (Lipinski definition) is 1. The van der Waals surface area contributed by atoms with E-state index >= 15 is 0 Å². The molecule has 0 saturated carbocycles. The summed E-state index contributed by atoms with van der Waals surface area (Å²) in [5.74, 6) is -0.427. The van der Waals surface area contributed by atoms with Gasteiger partial charge < -0.3 is 5.32 Å². The average Bonchev–Trinajstić information content (AvgIpc) is 2.77. The van der Waals surface area contributed by atoms with Gasteiger partial charge in [0.1, 0.15) is 5.82 Å². The van der Waals surface area contributed by atoms with Gasteiger partial charge in [0.15, 0.2) is 0 Å². The second kappa shape index (κ2) is 5.38. The van der Waals surface area contributed by atoms with Crippen molar-refractivity contribution in [2.24, 2.45) is 0 Å². The van der Waals surface area contributed by atoms with Crippen LogP contribution >= 0.6 is 23.2 Å². The molecule has 1 atom stereocenters. The van der Waals surface area contributed by atoms with Gasteiger partial charge in [0, 0.05) is 22.7 Å². The SMILES string of the molecule is CC(NC1CC=CC1)c1c(Cl)ccc(F)c1Cl. The molecule has 92 valence electrons. The lowest BCUT2D eigenvalue weighted by molar-refractivity contribution is 0.469. The number of nitrogens with one attached hydrogen (secondary N) is 1. The number of halogens is 3. The van der Waals surface area contributed by atoms with Crippen LogP contribution in [-0.2, 0) is 0 Å². The summed E-state index contributed by atoms with van der Waals surface area (Å²) in [6, 6.07) is 3.16. The van der Waals surface area contributed by atoms with Crippen LogP contribution in [0.4, 0.5) is 4.39 Å². The Balaban J connectivity index is 2.18. The van der Waals surface area contributed by atoms with Gasteiger partial charge >= 0.3 is 0 Å². The van der Waals surface area contributed by atoms with E-state index in [0.717, 1.165) is 12.8 Å². The Morgan fingerprint density at radius 1 is 1.29 bits per heavy atom. The van der Waals surface area contributed by atoms with Crippen molar-refractivity contribution in [2.75, 3.05) is 0 Å². The fourth-order valence-electron chi connectivity index (χ4n) is 2.13. The maximum Gasteiger partial charge on any atom is 0.142 e. The highest BCUT2D eigenvalue weighted by Gasteiger charge is 2.20. The second-order valence-electron chi connectivity index (χ2n) is 4.28. The van der Waals surface area contributed by atoms with Crippen molar-refractivity contribution in [2.45, 2.75) is 31.8 Å². The summed E-state index contributed by atoms with van der Waals surface area (Å²) in [6.07, 6.45) is 6.27. The van der Waals surface area contributed by atoms with Crippen LogP contribution in [0.2, 0.25) is 10.0 Å². The van der Waals surface area contributed by atoms with Crippen molar-refractivity contribution < 1.29 is 4.39 Å². The zero-order valence-electron chi connectivity index (χ0n) is 9.51. The monoisotopic (exact) mass is 273 g/mol. The molecule has 0 saturated heterocycles. The van der Waals surface area contributed by atoms with E-state index in [1.165, 1.54) is 6.07 Å². The van der Waals surface area contributed by atoms with E-state index in [4.69, 9.17) is 23.2 Å². The molecule has 0 bridgehead atoms. The van der Waals surface area contributed by atoms with Gasteiger partial charge in [-0.2, -0.15) is 0 Å². The van der Waals surface area contributed by atoms with Gasteiger partial charge in [0.25, 0.3) is 0 Å². The van der Waals surface area contributed by atoms with Crippen molar-refractivity contribution in [3.05, 3.63) is 45.7 Å². The highest BCUT2D eigenvalue weighted by Crippen LogP contribution is 2.33. The van der Waals surface area contributed by atoms with Crippen LogP contribution in [0.1, 0.15) is 31.4 Å². The highest BCUT2D eigenvalue weighted by atomic mass is 35.5. The molecule has 4 heteroatoms. The summed E-state index contributed by atoms with van der Waals surface area (Å²) in [5.41, 5.74) is 0.639. The normalized spacial score (nSPS) is 17.6. The predicted octanol–water partition coefficient (Wildman–Crippen LogP) is 4.50. The quantitative estimate of drug-likeness (QED) is 0.632. The van der Waals surface area contributed by atoms with Crippen LogP contribution < -0.4 is 5.32 Å². The first kappa shape index (κ1) is 12.9. The van der Waals surface area contributed by atoms with Crippen LogP contribution in [0.3, 0.4) is 0 Å². The van der Waals surface area contributed by atoms with Crippen molar-refractivity contribution in [3.8, 4) is 0 Å². The summed E-state index contributed by atoms with van der Waals surface area (Å²) in [5, 5.41) is 4.02. The minimum absolute atomic E-state index is 0.0596. The molecule has 17 heavy (non-hydrogen) atoms. The molecular formula is C13H14Cl2FN. The first-order chi connectivity index (χ1) is 8.09. The minimum atomic E-state index is -0.427. The molecule has 0 aliphatic heterocycles. The smallest absolute Gasteiger partial charge is 0.142 e. The van der Waals surface area contributed by atoms with Gasteiger partial charge in [-0.1, -0.05) is 35.4 Å². The Hall–Kier alpha value is -0.570. The van der Waals surface area contributed by atoms with Gasteiger partial charge in [-0.25, -0.2) is 4.39 Å². The van der Waals surface area contributed by atoms with Crippen molar-refractivity contribution in [1.29, 1.82) is 0 Å². The fraction of sp³-hybridized carbons (Fsp3) is 0.385. The molecule has 2 rings (SSSR count). The third-order valence-corrected chi connectivity index (χ3v) is 3.72. The molecule has 0 amide bonds. The van der Waals surface area contributed by atoms with E-state index in [1.54, 1.807) is 6.07 Å². The Morgan fingerprint density at radius 3 is 2.59 bits per heavy atom. The molecule has 1 N–H and O–H groups in total. The second-order valence-corrected chi connectivity index (χ2v) is 5.07. The third-order valence-electron chi connectivity index (χ3n) is 3.01. The largest absolute Gasteiger partial charge is 0.307 e. The average molecular weight is 274 g/mol. The molecule has 1 aliphatic carbocycles. The Labute approximate surface area is 111 Å². The van der Waals surface area contributed by atoms with E-state index < -0.39 is 5.82 Å². The van der Waals surface area contributed by atoms with Crippen molar-refractivity contribution in [3.63, 3.8) is 0 Å². The van der Waals surface area contributed by atoms with Crippen LogP contribution in [-0.4, -0.2) is 6.04 Å². The summed E-state index contributed by atoms with van der Waals surface area (Å²) in [7, 11) is 0. The van der Waals surface area contributed by atoms with E-state index in [9.17, 15) is 4.39 Å². The highest BCUT2D eigenvalue weighted by molar-refractivity contribution is 6.36. The van der Waals surface area contributed by atoms with Gasteiger partial charge in [0.05, 0.1) is 5.02 Å². The first-order valence-corrected chi connectivity index (χ1v) is 6.39. The van der Waals surface area contributed by atoms with Crippen LogP contribution in [0.5, 0.6) is 0 Å². The zero-order valence-corrected chi connectivity index (χ0v) is 11.0. The van der Waals surface area contributed by atoms with E-state index in [0.29, 0.717) is 16.6 Å². The summed E-state index contributed by atoms with van der Waals surface area (Å²) < 4.78 is 13.4. The minimum Gasteiger partial charge on any atom is -0.307 e. The van der Waals surface area contributed by atoms with E-state index in [1.807, 2.05) is 6.92 Å². The van der Waals surface area contributed by atoms with Crippen LogP contribution in [0.25, 0.3) is 0 Å². The van der Waals surface area contributed by atoms with Gasteiger partial charge in [-0.15, -0.1) is 0 Å². The van der Waals surface area contributed by atoms with Gasteiger partial charge in [-0.3, -0.25) is 0 Å². The molecule has 1 aromatic carbocycles. The predicted molar refractivity (Wildman–Crippen MR) is 70.1 cm³/mol. The lowest BCUT2D eigenvalue weighted by atomic mass is 10.1. The summed E-state index contributed by atoms with van der Waals surface area (Å²) in [6.45, 7) is 1.95. The maximum absolute atomic E-state index is 13.4. The lowest BCUT2D eigenvalue weighted by Crippen LogP contribution is -2.29. The number of hydrogen-bond acceptors (Lipinski definition) is 1. The van der Waals surface area contributed by atoms with Gasteiger partial charge in [-0.05, 0) is 31.9 Å². The number of rotatable bonds is 3. The van der Waals surface area contributed by atoms with Crippen molar-refractivity contribution in [1.82, 2.24) is 5.32 Å². The molecule has 0 heterocycles. The lowest BCUT2D eigenvalue weighted by Gasteiger charge is -2.21. The maximum atomic E-state index is 13.4. The Morgan fingerprint density at radius 2 is 1.94 bits per heavy atom. The molecule has 0 radical (unpaired) electrons. The van der Waals surface area contributed by atoms with E-state index in [2.05, 4.69) is 17.5 Å². The standard InChI is InChI=1S/C13H14Cl2FN/c1-8(17-9-4-2-3-5-9)12-10(14)6-7-11(16)13(12)15/h2-3,6-9,17H,4-5H2,1H3. The first-order valence-electron chi connectivity index (χ1n) is 5.64. The summed E-state index contributed by atoms with van der Waals surface area (Å²) in [4.78, 5) is 0. The van der Waals surface area contributed by atoms with Gasteiger partial charge in [0.2, 0.25) is 0 Å². The topological polar surface area (TPSA) is 12.0 Å². The van der Waals surface area contributed by atoms with E-state index in [-0.39, 0.29) is 11.1 Å². The van der Waals surface area contributed by atoms with Crippen molar-refractivity contribution >= 4 is 23.2 Å². The van der Waals surface area contributed by atoms with Crippen LogP contribution in [0, 0.1) is 5.82 Å². The molecule has 0 aromatic heterocycles. The summed E-state index contributed by atoms with van der Waals surface area (Å²) >= 11 is 12.0. The molecule has 0 spiro atoms. The Bertz CT molecular complexity index is 437. The fourth-order valence-corrected chi connectivity index (χ4v) is 2.83. The third kappa shape index (κ3) is 2.82. The zero-order chi connectivity index (χ0) is 12.4. The molecule has 1 unspecified atom stereocenters.